The van der Waals surface area contributed by atoms with Gasteiger partial charge in [0.2, 0.25) is 0 Å². The molecule has 40 heavy (non-hydrogen) atoms. The first-order chi connectivity index (χ1) is 19.7. The highest BCUT2D eigenvalue weighted by molar-refractivity contribution is 7.25. The fourth-order valence-corrected chi connectivity index (χ4v) is 6.86. The van der Waals surface area contributed by atoms with Crippen molar-refractivity contribution >= 4 is 53.4 Å². The van der Waals surface area contributed by atoms with Gasteiger partial charge in [0.25, 0.3) is 0 Å². The Morgan fingerprint density at radius 1 is 0.475 bits per heavy atom. The van der Waals surface area contributed by atoms with Crippen LogP contribution < -0.4 is 0 Å². The molecule has 2 nitrogen and oxygen atoms in total. The molecular weight excluding hydrogens is 506 g/mol. The lowest BCUT2D eigenvalue weighted by Gasteiger charge is -2.14. The van der Waals surface area contributed by atoms with Crippen molar-refractivity contribution < 1.29 is 4.42 Å². The van der Waals surface area contributed by atoms with Gasteiger partial charge >= 0.3 is 0 Å². The third-order valence-electron chi connectivity index (χ3n) is 7.72. The standard InChI is InChI=1S/C37H21NOS/c38-22-23-6-5-7-24(18-23)25-12-15-28(26-14-17-37-33(21-26)30-9-2-4-11-36(30)40-37)31(19-25)27-13-16-35-32(20-27)29-8-1-3-10-34(29)39-35/h1-21H. The molecule has 0 saturated heterocycles. The van der Waals surface area contributed by atoms with Crippen molar-refractivity contribution in [3.05, 3.63) is 133 Å². The highest BCUT2D eigenvalue weighted by Gasteiger charge is 2.15. The SMILES string of the molecule is N#Cc1cccc(-c2ccc(-c3ccc4sc5ccccc5c4c3)c(-c3ccc4oc5ccccc5c4c3)c2)c1. The fourth-order valence-electron chi connectivity index (χ4n) is 5.77. The van der Waals surface area contributed by atoms with Crippen molar-refractivity contribution in [2.24, 2.45) is 0 Å². The van der Waals surface area contributed by atoms with E-state index in [1.807, 2.05) is 41.7 Å². The van der Waals surface area contributed by atoms with E-state index in [4.69, 9.17) is 4.42 Å². The summed E-state index contributed by atoms with van der Waals surface area (Å²) in [4.78, 5) is 0. The predicted octanol–water partition coefficient (Wildman–Crippen LogP) is 10.8. The molecule has 0 N–H and O–H groups in total. The fraction of sp³-hybridized carbons (Fsp3) is 0. The van der Waals surface area contributed by atoms with E-state index in [-0.39, 0.29) is 0 Å². The molecule has 0 unspecified atom stereocenters. The Kier molecular flexibility index (Phi) is 5.10. The Bertz CT molecular complexity index is 2300. The van der Waals surface area contributed by atoms with Gasteiger partial charge in [0.15, 0.2) is 0 Å². The van der Waals surface area contributed by atoms with Gasteiger partial charge in [-0.1, -0.05) is 72.8 Å². The molecule has 0 atom stereocenters. The zero-order valence-corrected chi connectivity index (χ0v) is 22.2. The molecule has 0 fully saturated rings. The topological polar surface area (TPSA) is 36.9 Å². The van der Waals surface area contributed by atoms with Crippen LogP contribution in [0.1, 0.15) is 5.56 Å². The first kappa shape index (κ1) is 22.8. The number of rotatable bonds is 3. The van der Waals surface area contributed by atoms with Crippen molar-refractivity contribution in [1.29, 1.82) is 5.26 Å². The van der Waals surface area contributed by atoms with Gasteiger partial charge in [0.1, 0.15) is 11.2 Å². The number of hydrogen-bond donors (Lipinski definition) is 0. The molecule has 8 aromatic rings. The van der Waals surface area contributed by atoms with Gasteiger partial charge < -0.3 is 4.42 Å². The van der Waals surface area contributed by atoms with E-state index >= 15 is 0 Å². The zero-order chi connectivity index (χ0) is 26.6. The van der Waals surface area contributed by atoms with Crippen LogP contribution >= 0.6 is 11.3 Å². The van der Waals surface area contributed by atoms with Crippen LogP contribution in [0.4, 0.5) is 0 Å². The molecule has 6 aromatic carbocycles. The number of benzene rings is 6. The quantitative estimate of drug-likeness (QED) is 0.229. The van der Waals surface area contributed by atoms with E-state index in [0.717, 1.165) is 44.2 Å². The van der Waals surface area contributed by atoms with Gasteiger partial charge in [-0.2, -0.15) is 5.26 Å². The third kappa shape index (κ3) is 3.62. The van der Waals surface area contributed by atoms with E-state index in [1.54, 1.807) is 0 Å². The van der Waals surface area contributed by atoms with Crippen LogP contribution in [0.5, 0.6) is 0 Å². The summed E-state index contributed by atoms with van der Waals surface area (Å²) in [6.07, 6.45) is 0. The zero-order valence-electron chi connectivity index (χ0n) is 21.4. The van der Waals surface area contributed by atoms with Gasteiger partial charge in [-0.25, -0.2) is 0 Å². The molecule has 0 aliphatic carbocycles. The first-order valence-corrected chi connectivity index (χ1v) is 14.0. The lowest BCUT2D eigenvalue weighted by Crippen LogP contribution is -1.88. The van der Waals surface area contributed by atoms with Crippen LogP contribution in [-0.2, 0) is 0 Å². The predicted molar refractivity (Wildman–Crippen MR) is 168 cm³/mol. The summed E-state index contributed by atoms with van der Waals surface area (Å²) < 4.78 is 8.73. The molecule has 0 aliphatic heterocycles. The summed E-state index contributed by atoms with van der Waals surface area (Å²) in [7, 11) is 0. The molecule has 2 heterocycles. The van der Waals surface area contributed by atoms with E-state index < -0.39 is 0 Å². The molecular formula is C37H21NOS. The Morgan fingerprint density at radius 2 is 1.18 bits per heavy atom. The molecule has 0 amide bonds. The van der Waals surface area contributed by atoms with Crippen molar-refractivity contribution in [3.63, 3.8) is 0 Å². The Hall–Kier alpha value is -5.17. The summed E-state index contributed by atoms with van der Waals surface area (Å²) in [6.45, 7) is 0. The average molecular weight is 528 g/mol. The summed E-state index contributed by atoms with van der Waals surface area (Å²) in [5, 5.41) is 14.3. The maximum absolute atomic E-state index is 9.49. The Balaban J connectivity index is 1.38. The van der Waals surface area contributed by atoms with Gasteiger partial charge in [0, 0.05) is 30.9 Å². The van der Waals surface area contributed by atoms with Gasteiger partial charge in [-0.15, -0.1) is 11.3 Å². The van der Waals surface area contributed by atoms with Crippen molar-refractivity contribution in [1.82, 2.24) is 0 Å². The van der Waals surface area contributed by atoms with Crippen molar-refractivity contribution in [2.75, 3.05) is 0 Å². The maximum Gasteiger partial charge on any atom is 0.135 e. The van der Waals surface area contributed by atoms with E-state index in [0.29, 0.717) is 5.56 Å². The minimum atomic E-state index is 0.657. The average Bonchev–Trinajstić information content (AvgIpc) is 3.58. The number of furan rings is 1. The second kappa shape index (κ2) is 8.95. The first-order valence-electron chi connectivity index (χ1n) is 13.2. The van der Waals surface area contributed by atoms with E-state index in [9.17, 15) is 5.26 Å². The molecule has 186 valence electrons. The largest absolute Gasteiger partial charge is 0.456 e. The normalized spacial score (nSPS) is 11.5. The third-order valence-corrected chi connectivity index (χ3v) is 8.87. The number of para-hydroxylation sites is 1. The number of hydrogen-bond acceptors (Lipinski definition) is 3. The minimum absolute atomic E-state index is 0.657. The van der Waals surface area contributed by atoms with Crippen LogP contribution in [-0.4, -0.2) is 0 Å². The van der Waals surface area contributed by atoms with Gasteiger partial charge in [-0.3, -0.25) is 0 Å². The highest BCUT2D eigenvalue weighted by Crippen LogP contribution is 2.41. The molecule has 3 heteroatoms. The number of nitriles is 1. The lowest BCUT2D eigenvalue weighted by atomic mass is 9.90. The second-order valence-corrected chi connectivity index (χ2v) is 11.2. The minimum Gasteiger partial charge on any atom is -0.456 e. The molecule has 2 aromatic heterocycles. The number of nitrogens with zero attached hydrogens (tertiary/aromatic N) is 1. The van der Waals surface area contributed by atoms with Crippen molar-refractivity contribution in [3.8, 4) is 39.4 Å². The number of fused-ring (bicyclic) bond motifs is 6. The lowest BCUT2D eigenvalue weighted by molar-refractivity contribution is 0.669. The van der Waals surface area contributed by atoms with Crippen LogP contribution in [0.3, 0.4) is 0 Å². The van der Waals surface area contributed by atoms with Crippen LogP contribution in [0, 0.1) is 11.3 Å². The second-order valence-electron chi connectivity index (χ2n) is 10.1. The van der Waals surface area contributed by atoms with Gasteiger partial charge in [-0.05, 0) is 88.0 Å². The van der Waals surface area contributed by atoms with E-state index in [2.05, 4.69) is 103 Å². The summed E-state index contributed by atoms with van der Waals surface area (Å²) >= 11 is 1.84. The summed E-state index contributed by atoms with van der Waals surface area (Å²) in [5.41, 5.74) is 9.17. The molecule has 0 saturated carbocycles. The molecule has 0 bridgehead atoms. The summed E-state index contributed by atoms with van der Waals surface area (Å²) in [5.74, 6) is 0. The smallest absolute Gasteiger partial charge is 0.135 e. The maximum atomic E-state index is 9.49. The monoisotopic (exact) mass is 527 g/mol. The Labute approximate surface area is 235 Å². The van der Waals surface area contributed by atoms with Crippen LogP contribution in [0.15, 0.2) is 132 Å². The number of thiophene rings is 1. The Morgan fingerprint density at radius 3 is 2.10 bits per heavy atom. The van der Waals surface area contributed by atoms with Crippen LogP contribution in [0.25, 0.3) is 75.5 Å². The molecule has 8 rings (SSSR count). The van der Waals surface area contributed by atoms with E-state index in [1.165, 1.54) is 31.3 Å². The molecule has 0 radical (unpaired) electrons. The summed E-state index contributed by atoms with van der Waals surface area (Å²) in [6, 6.07) is 46.8. The molecule has 0 spiro atoms. The highest BCUT2D eigenvalue weighted by atomic mass is 32.1. The van der Waals surface area contributed by atoms with Crippen molar-refractivity contribution in [2.45, 2.75) is 0 Å². The van der Waals surface area contributed by atoms with Gasteiger partial charge in [0.05, 0.1) is 11.6 Å². The van der Waals surface area contributed by atoms with Crippen LogP contribution in [0.2, 0.25) is 0 Å². The molecule has 0 aliphatic rings.